The smallest absolute Gasteiger partial charge is 0.262 e. The summed E-state index contributed by atoms with van der Waals surface area (Å²) in [7, 11) is 0. The maximum Gasteiger partial charge on any atom is 0.262 e. The fraction of sp³-hybridized carbons (Fsp3) is 0.477. The lowest BCUT2D eigenvalue weighted by atomic mass is 9.77. The lowest BCUT2D eigenvalue weighted by Gasteiger charge is -2.43. The molecule has 1 spiro atoms. The van der Waals surface area contributed by atoms with Crippen molar-refractivity contribution in [2.75, 3.05) is 73.6 Å². The van der Waals surface area contributed by atoms with Gasteiger partial charge in [0.1, 0.15) is 11.9 Å². The first-order valence-corrected chi connectivity index (χ1v) is 21.2. The van der Waals surface area contributed by atoms with Gasteiger partial charge in [0.15, 0.2) is 0 Å². The molecule has 14 nitrogen and oxygen atoms in total. The Hall–Kier alpha value is -5.52. The topological polar surface area (TPSA) is 134 Å². The molecule has 0 aliphatic carbocycles. The number of rotatable bonds is 6. The molecule has 15 heteroatoms. The van der Waals surface area contributed by atoms with E-state index in [1.165, 1.54) is 0 Å². The predicted molar refractivity (Wildman–Crippen MR) is 223 cm³/mol. The van der Waals surface area contributed by atoms with Gasteiger partial charge in [0.2, 0.25) is 17.5 Å². The molecule has 0 bridgehead atoms. The number of piperazine rings is 1. The number of piperidine rings is 3. The third-order valence-electron chi connectivity index (χ3n) is 13.7. The third kappa shape index (κ3) is 7.29. The number of carbonyl (C=O) groups excluding carboxylic acids is 5. The summed E-state index contributed by atoms with van der Waals surface area (Å²) in [5.41, 5.74) is 3.86. The van der Waals surface area contributed by atoms with Crippen molar-refractivity contribution in [1.29, 1.82) is 0 Å². The Morgan fingerprint density at radius 1 is 0.847 bits per heavy atom. The predicted octanol–water partition coefficient (Wildman–Crippen LogP) is 5.00. The summed E-state index contributed by atoms with van der Waals surface area (Å²) in [6.07, 6.45) is 7.08. The number of imide groups is 2. The van der Waals surface area contributed by atoms with Crippen molar-refractivity contribution in [3.05, 3.63) is 87.9 Å². The average Bonchev–Trinajstić information content (AvgIpc) is 3.71. The van der Waals surface area contributed by atoms with E-state index < -0.39 is 29.7 Å². The first-order valence-electron chi connectivity index (χ1n) is 20.8. The van der Waals surface area contributed by atoms with Crippen LogP contribution in [-0.4, -0.2) is 126 Å². The SMILES string of the molecule is [C-]#[N+]c1ccc(N2CC3(CCN(c4ccc(C(=O)N5CCN(C6CCN(c7ccc8c(c7)C(=O)N(C7CCC(=O)NC7=O)C8=O)CC6)CC5)cn4)CC3)C[C@@H]2C)cc1Cl. The minimum Gasteiger partial charge on any atom is -0.371 e. The van der Waals surface area contributed by atoms with Gasteiger partial charge in [0.25, 0.3) is 17.7 Å². The van der Waals surface area contributed by atoms with E-state index in [2.05, 4.69) is 36.7 Å². The zero-order valence-electron chi connectivity index (χ0n) is 33.2. The van der Waals surface area contributed by atoms with Crippen LogP contribution < -0.4 is 20.0 Å². The summed E-state index contributed by atoms with van der Waals surface area (Å²) in [5, 5.41) is 2.75. The number of fused-ring (bicyclic) bond motifs is 1. The first-order chi connectivity index (χ1) is 28.5. The fourth-order valence-corrected chi connectivity index (χ4v) is 10.5. The molecule has 306 valence electrons. The fourth-order valence-electron chi connectivity index (χ4n) is 10.3. The number of nitrogens with zero attached hydrogens (tertiary/aromatic N) is 8. The third-order valence-corrected chi connectivity index (χ3v) is 14.0. The molecule has 6 aliphatic rings. The number of benzene rings is 2. The molecule has 9 rings (SSSR count). The number of aromatic nitrogens is 1. The van der Waals surface area contributed by atoms with Gasteiger partial charge in [-0.25, -0.2) is 9.83 Å². The number of hydrogen-bond donors (Lipinski definition) is 1. The summed E-state index contributed by atoms with van der Waals surface area (Å²) in [5.74, 6) is -1.08. The van der Waals surface area contributed by atoms with Crippen LogP contribution in [0.5, 0.6) is 0 Å². The Balaban J connectivity index is 0.736. The molecule has 1 unspecified atom stereocenters. The van der Waals surface area contributed by atoms with E-state index >= 15 is 0 Å². The molecule has 5 saturated heterocycles. The van der Waals surface area contributed by atoms with E-state index in [9.17, 15) is 24.0 Å². The Kier molecular flexibility index (Phi) is 10.3. The molecule has 6 aliphatic heterocycles. The molecule has 7 heterocycles. The molecule has 1 aromatic heterocycles. The van der Waals surface area contributed by atoms with Crippen molar-refractivity contribution in [3.63, 3.8) is 0 Å². The van der Waals surface area contributed by atoms with Crippen LogP contribution in [0.25, 0.3) is 4.85 Å². The van der Waals surface area contributed by atoms with Crippen molar-refractivity contribution in [1.82, 2.24) is 25.0 Å². The molecule has 2 aromatic carbocycles. The molecule has 0 saturated carbocycles. The molecule has 3 aromatic rings. The van der Waals surface area contributed by atoms with E-state index in [0.29, 0.717) is 47.0 Å². The monoisotopic (exact) mass is 817 g/mol. The van der Waals surface area contributed by atoms with Crippen LogP contribution in [0.15, 0.2) is 54.7 Å². The second-order valence-corrected chi connectivity index (χ2v) is 17.5. The number of halogens is 1. The van der Waals surface area contributed by atoms with Crippen molar-refractivity contribution in [2.45, 2.75) is 70.0 Å². The largest absolute Gasteiger partial charge is 0.371 e. The molecule has 5 fully saturated rings. The molecule has 59 heavy (non-hydrogen) atoms. The number of amides is 5. The van der Waals surface area contributed by atoms with E-state index in [0.717, 1.165) is 100 Å². The lowest BCUT2D eigenvalue weighted by molar-refractivity contribution is -0.136. The second-order valence-electron chi connectivity index (χ2n) is 17.0. The highest BCUT2D eigenvalue weighted by Crippen LogP contribution is 2.46. The maximum atomic E-state index is 13.6. The zero-order valence-corrected chi connectivity index (χ0v) is 34.0. The van der Waals surface area contributed by atoms with Crippen LogP contribution in [0.1, 0.15) is 82.9 Å². The van der Waals surface area contributed by atoms with Gasteiger partial charge in [-0.15, -0.1) is 0 Å². The van der Waals surface area contributed by atoms with E-state index in [1.807, 2.05) is 41.3 Å². The number of anilines is 3. The van der Waals surface area contributed by atoms with Gasteiger partial charge >= 0.3 is 0 Å². The highest BCUT2D eigenvalue weighted by atomic mass is 35.5. The van der Waals surface area contributed by atoms with Gasteiger partial charge < -0.3 is 19.6 Å². The Labute approximate surface area is 348 Å². The molecule has 1 N–H and O–H groups in total. The maximum absolute atomic E-state index is 13.6. The lowest BCUT2D eigenvalue weighted by Crippen LogP contribution is -2.54. The summed E-state index contributed by atoms with van der Waals surface area (Å²) < 4.78 is 0. The van der Waals surface area contributed by atoms with Gasteiger partial charge in [0.05, 0.1) is 23.3 Å². The van der Waals surface area contributed by atoms with E-state index in [4.69, 9.17) is 23.2 Å². The van der Waals surface area contributed by atoms with Crippen LogP contribution >= 0.6 is 11.6 Å². The normalized spacial score (nSPS) is 23.8. The van der Waals surface area contributed by atoms with Gasteiger partial charge in [-0.3, -0.25) is 39.1 Å². The van der Waals surface area contributed by atoms with E-state index in [-0.39, 0.29) is 29.7 Å². The van der Waals surface area contributed by atoms with Gasteiger partial charge in [-0.2, -0.15) is 0 Å². The standard InChI is InChI=1S/C44H48ClN9O5/c1-28-25-44(27-53(28)32-5-7-36(46-2)35(45)24-32)13-17-51(18-14-44)38-9-3-29(26-47-38)41(57)52-21-19-50(20-22-52)30-11-15-49(16-12-30)31-4-6-33-34(23-31)43(59)54(42(33)58)37-8-10-39(55)48-40(37)56/h3-7,9,23-24,26,28,30,37H,8,10-22,25,27H2,1H3,(H,48,55,56)/t28-,37?/m0/s1. The van der Waals surface area contributed by atoms with Crippen molar-refractivity contribution >= 4 is 64.0 Å². The second kappa shape index (κ2) is 15.6. The Bertz CT molecular complexity index is 2240. The van der Waals surface area contributed by atoms with Crippen molar-refractivity contribution in [2.24, 2.45) is 5.41 Å². The van der Waals surface area contributed by atoms with Gasteiger partial charge in [-0.1, -0.05) is 17.7 Å². The summed E-state index contributed by atoms with van der Waals surface area (Å²) in [4.78, 5) is 84.9. The Morgan fingerprint density at radius 2 is 1.58 bits per heavy atom. The van der Waals surface area contributed by atoms with Crippen molar-refractivity contribution < 1.29 is 24.0 Å². The van der Waals surface area contributed by atoms with Gasteiger partial charge in [0, 0.05) is 100 Å². The number of nitrogens with one attached hydrogen (secondary N) is 1. The molecule has 0 radical (unpaired) electrons. The number of pyridine rings is 1. The first kappa shape index (κ1) is 39.0. The van der Waals surface area contributed by atoms with Crippen LogP contribution in [0.4, 0.5) is 22.9 Å². The van der Waals surface area contributed by atoms with Crippen LogP contribution in [0.3, 0.4) is 0 Å². The van der Waals surface area contributed by atoms with Crippen LogP contribution in [-0.2, 0) is 9.59 Å². The summed E-state index contributed by atoms with van der Waals surface area (Å²) in [6.45, 7) is 16.9. The molecular weight excluding hydrogens is 770 g/mol. The van der Waals surface area contributed by atoms with Gasteiger partial charge in [-0.05, 0) is 93.3 Å². The van der Waals surface area contributed by atoms with Crippen molar-refractivity contribution in [3.8, 4) is 0 Å². The summed E-state index contributed by atoms with van der Waals surface area (Å²) in [6, 6.07) is 14.8. The average molecular weight is 818 g/mol. The summed E-state index contributed by atoms with van der Waals surface area (Å²) >= 11 is 6.38. The molecule has 2 atom stereocenters. The highest BCUT2D eigenvalue weighted by Gasteiger charge is 2.46. The Morgan fingerprint density at radius 3 is 2.25 bits per heavy atom. The number of carbonyl (C=O) groups is 5. The van der Waals surface area contributed by atoms with Crippen LogP contribution in [0, 0.1) is 12.0 Å². The highest BCUT2D eigenvalue weighted by molar-refractivity contribution is 6.33. The van der Waals surface area contributed by atoms with E-state index in [1.54, 1.807) is 18.3 Å². The number of hydrogen-bond acceptors (Lipinski definition) is 10. The molecular formula is C44H48ClN9O5. The van der Waals surface area contributed by atoms with Crippen LogP contribution in [0.2, 0.25) is 5.02 Å². The minimum absolute atomic E-state index is 0.0153. The zero-order chi connectivity index (χ0) is 41.0. The molecule has 5 amide bonds. The quantitative estimate of drug-likeness (QED) is 0.268. The minimum atomic E-state index is -0.981.